The first-order valence-corrected chi connectivity index (χ1v) is 7.27. The van der Waals surface area contributed by atoms with E-state index >= 15 is 0 Å². The molecule has 0 aromatic heterocycles. The van der Waals surface area contributed by atoms with Crippen molar-refractivity contribution in [3.63, 3.8) is 0 Å². The lowest BCUT2D eigenvalue weighted by Gasteiger charge is -2.21. The maximum atomic E-state index is 11.5. The van der Waals surface area contributed by atoms with Crippen LogP contribution in [0.3, 0.4) is 0 Å². The molecular weight excluding hydrogens is 260 g/mol. The van der Waals surface area contributed by atoms with E-state index in [-0.39, 0.29) is 11.6 Å². The molecule has 0 spiro atoms. The Morgan fingerprint density at radius 1 is 1.37 bits per heavy atom. The van der Waals surface area contributed by atoms with Crippen LogP contribution in [0.15, 0.2) is 30.3 Å². The molecule has 0 radical (unpaired) electrons. The van der Waals surface area contributed by atoms with Gasteiger partial charge in [-0.05, 0) is 19.4 Å². The van der Waals surface area contributed by atoms with E-state index < -0.39 is 11.6 Å². The van der Waals surface area contributed by atoms with Gasteiger partial charge in [-0.15, -0.1) is 0 Å². The van der Waals surface area contributed by atoms with Crippen LogP contribution < -0.4 is 0 Å². The van der Waals surface area contributed by atoms with Gasteiger partial charge in [0.05, 0.1) is 0 Å². The second-order valence-corrected chi connectivity index (χ2v) is 6.06. The first-order chi connectivity index (χ1) is 9.04. The lowest BCUT2D eigenvalue weighted by atomic mass is 9.91. The number of ether oxygens (including phenoxy) is 1. The van der Waals surface area contributed by atoms with E-state index in [2.05, 4.69) is 16.9 Å². The largest absolute Gasteiger partial charge is 0.450 e. The summed E-state index contributed by atoms with van der Waals surface area (Å²) in [7, 11) is 0. The van der Waals surface area contributed by atoms with Crippen LogP contribution in [-0.2, 0) is 15.3 Å². The number of rotatable bonds is 4. The van der Waals surface area contributed by atoms with Gasteiger partial charge in [0.2, 0.25) is 0 Å². The molecule has 100 valence electrons. The number of thioether (sulfide) groups is 1. The third kappa shape index (κ3) is 3.06. The fraction of sp³-hybridized carbons (Fsp3) is 0.429. The summed E-state index contributed by atoms with van der Waals surface area (Å²) >= 11 is 1.70. The number of hydrogen-bond donors (Lipinski definition) is 0. The molecule has 2 rings (SSSR count). The molecule has 1 fully saturated rings. The summed E-state index contributed by atoms with van der Waals surface area (Å²) in [5.74, 6) is 0.851. The van der Waals surface area contributed by atoms with Crippen molar-refractivity contribution in [2.75, 3.05) is 5.75 Å². The summed E-state index contributed by atoms with van der Waals surface area (Å²) in [6, 6.07) is 10.1. The number of cyclic esters (lactones) is 1. The summed E-state index contributed by atoms with van der Waals surface area (Å²) in [6.45, 7) is 3.69. The minimum absolute atomic E-state index is 0.130. The molecule has 0 aliphatic carbocycles. The average molecular weight is 276 g/mol. The highest BCUT2D eigenvalue weighted by Crippen LogP contribution is 2.33. The highest BCUT2D eigenvalue weighted by molar-refractivity contribution is 7.98. The predicted octanol–water partition coefficient (Wildman–Crippen LogP) is 2.54. The van der Waals surface area contributed by atoms with Crippen molar-refractivity contribution in [2.45, 2.75) is 25.2 Å². The van der Waals surface area contributed by atoms with Gasteiger partial charge in [-0.2, -0.15) is 16.6 Å². The van der Waals surface area contributed by atoms with Crippen LogP contribution >= 0.6 is 11.8 Å². The second-order valence-electron chi connectivity index (χ2n) is 5.03. The van der Waals surface area contributed by atoms with Crippen molar-refractivity contribution in [1.29, 1.82) is 0 Å². The molecule has 0 saturated carbocycles. The van der Waals surface area contributed by atoms with Gasteiger partial charge < -0.3 is 10.3 Å². The Morgan fingerprint density at radius 2 is 2.05 bits per heavy atom. The third-order valence-corrected chi connectivity index (χ3v) is 4.34. The van der Waals surface area contributed by atoms with E-state index in [9.17, 15) is 4.79 Å². The summed E-state index contributed by atoms with van der Waals surface area (Å²) in [5.41, 5.74) is 9.69. The molecule has 1 aliphatic heterocycles. The summed E-state index contributed by atoms with van der Waals surface area (Å²) in [4.78, 5) is 14.6. The van der Waals surface area contributed by atoms with Gasteiger partial charge in [0.25, 0.3) is 0 Å². The lowest BCUT2D eigenvalue weighted by molar-refractivity contribution is -0.145. The maximum absolute atomic E-state index is 11.5. The molecule has 0 N–H and O–H groups in total. The first kappa shape index (κ1) is 13.8. The van der Waals surface area contributed by atoms with E-state index in [0.717, 1.165) is 5.75 Å². The van der Waals surface area contributed by atoms with Crippen LogP contribution in [0.4, 0.5) is 0 Å². The Balaban J connectivity index is 1.98. The standard InChI is InChI=1S/C14H16N2O2S/c1-14(2)11(12(16-15)13(17)18-14)9-19-8-10-6-4-3-5-7-10/h3-7,11H,8-9H2,1-2H3/t11-/m0/s1. The fourth-order valence-corrected chi connectivity index (χ4v) is 3.43. The zero-order valence-electron chi connectivity index (χ0n) is 11.0. The molecule has 4 nitrogen and oxygen atoms in total. The van der Waals surface area contributed by atoms with Gasteiger partial charge in [-0.25, -0.2) is 4.79 Å². The van der Waals surface area contributed by atoms with Gasteiger partial charge in [-0.1, -0.05) is 30.3 Å². The Morgan fingerprint density at radius 3 is 2.68 bits per heavy atom. The van der Waals surface area contributed by atoms with Crippen molar-refractivity contribution in [3.8, 4) is 0 Å². The number of nitrogens with zero attached hydrogens (tertiary/aromatic N) is 2. The Labute approximate surface area is 116 Å². The van der Waals surface area contributed by atoms with Crippen molar-refractivity contribution in [1.82, 2.24) is 0 Å². The van der Waals surface area contributed by atoms with E-state index in [1.54, 1.807) is 11.8 Å². The van der Waals surface area contributed by atoms with Crippen LogP contribution in [0, 0.1) is 5.92 Å². The maximum Gasteiger partial charge on any atom is 0.417 e. The van der Waals surface area contributed by atoms with Crippen molar-refractivity contribution in [2.24, 2.45) is 5.92 Å². The normalized spacial score (nSPS) is 21.1. The van der Waals surface area contributed by atoms with Crippen LogP contribution in [-0.4, -0.2) is 27.8 Å². The highest BCUT2D eigenvalue weighted by Gasteiger charge is 2.53. The van der Waals surface area contributed by atoms with Crippen molar-refractivity contribution in [3.05, 3.63) is 41.4 Å². The van der Waals surface area contributed by atoms with E-state index in [0.29, 0.717) is 5.75 Å². The zero-order valence-corrected chi connectivity index (χ0v) is 11.8. The number of carbonyl (C=O) groups is 1. The number of esters is 1. The summed E-state index contributed by atoms with van der Waals surface area (Å²) in [5, 5.41) is 0. The van der Waals surface area contributed by atoms with E-state index in [4.69, 9.17) is 10.3 Å². The molecular formula is C14H16N2O2S. The van der Waals surface area contributed by atoms with E-state index in [1.807, 2.05) is 32.0 Å². The average Bonchev–Trinajstić information content (AvgIpc) is 2.60. The molecule has 0 bridgehead atoms. The smallest absolute Gasteiger partial charge is 0.417 e. The minimum Gasteiger partial charge on any atom is -0.450 e. The molecule has 19 heavy (non-hydrogen) atoms. The van der Waals surface area contributed by atoms with Gasteiger partial charge in [0.1, 0.15) is 11.5 Å². The van der Waals surface area contributed by atoms with Gasteiger partial charge in [0, 0.05) is 11.5 Å². The minimum atomic E-state index is -0.609. The summed E-state index contributed by atoms with van der Waals surface area (Å²) < 4.78 is 5.22. The molecule has 1 saturated heterocycles. The third-order valence-electron chi connectivity index (χ3n) is 3.24. The Hall–Kier alpha value is -1.58. The predicted molar refractivity (Wildman–Crippen MR) is 74.9 cm³/mol. The number of carbonyl (C=O) groups excluding carboxylic acids is 1. The Bertz CT molecular complexity index is 522. The summed E-state index contributed by atoms with van der Waals surface area (Å²) in [6.07, 6.45) is 0. The Kier molecular flexibility index (Phi) is 4.08. The molecule has 0 unspecified atom stereocenters. The topological polar surface area (TPSA) is 62.7 Å². The van der Waals surface area contributed by atoms with Crippen molar-refractivity contribution < 1.29 is 14.3 Å². The molecule has 1 aliphatic rings. The molecule has 0 amide bonds. The van der Waals surface area contributed by atoms with Gasteiger partial charge in [0.15, 0.2) is 0 Å². The SMILES string of the molecule is CC1(C)OC(=O)C(=[N+]=[N-])[C@@H]1CSCc1ccccc1. The second kappa shape index (κ2) is 5.59. The number of benzene rings is 1. The van der Waals surface area contributed by atoms with Crippen LogP contribution in [0.1, 0.15) is 19.4 Å². The first-order valence-electron chi connectivity index (χ1n) is 6.11. The van der Waals surface area contributed by atoms with Gasteiger partial charge >= 0.3 is 11.7 Å². The van der Waals surface area contributed by atoms with E-state index in [1.165, 1.54) is 5.56 Å². The van der Waals surface area contributed by atoms with Gasteiger partial charge in [-0.3, -0.25) is 0 Å². The lowest BCUT2D eigenvalue weighted by Crippen LogP contribution is -2.32. The fourth-order valence-electron chi connectivity index (χ4n) is 2.09. The molecule has 5 heteroatoms. The quantitative estimate of drug-likeness (QED) is 0.482. The molecule has 1 heterocycles. The monoisotopic (exact) mass is 276 g/mol. The van der Waals surface area contributed by atoms with Crippen LogP contribution in [0.2, 0.25) is 0 Å². The van der Waals surface area contributed by atoms with Crippen LogP contribution in [0.25, 0.3) is 5.53 Å². The molecule has 1 aromatic rings. The van der Waals surface area contributed by atoms with Crippen molar-refractivity contribution >= 4 is 23.4 Å². The number of hydrogen-bond acceptors (Lipinski definition) is 3. The molecule has 1 atom stereocenters. The molecule has 1 aromatic carbocycles. The van der Waals surface area contributed by atoms with Crippen LogP contribution in [0.5, 0.6) is 0 Å². The zero-order chi connectivity index (χ0) is 13.9. The highest BCUT2D eigenvalue weighted by atomic mass is 32.2.